The van der Waals surface area contributed by atoms with Crippen LogP contribution in [0.5, 0.6) is 0 Å². The van der Waals surface area contributed by atoms with E-state index in [0.717, 1.165) is 30.3 Å². The predicted molar refractivity (Wildman–Crippen MR) is 130 cm³/mol. The van der Waals surface area contributed by atoms with Crippen molar-refractivity contribution in [2.24, 2.45) is 11.8 Å². The fraction of sp³-hybridized carbons (Fsp3) is 0.519. The number of alkyl halides is 7. The van der Waals surface area contributed by atoms with Crippen LogP contribution in [0.3, 0.4) is 0 Å². The van der Waals surface area contributed by atoms with Crippen molar-refractivity contribution in [1.82, 2.24) is 5.32 Å². The van der Waals surface area contributed by atoms with Crippen LogP contribution in [-0.4, -0.2) is 43.9 Å². The van der Waals surface area contributed by atoms with E-state index in [4.69, 9.17) is 0 Å². The summed E-state index contributed by atoms with van der Waals surface area (Å²) in [6.45, 7) is 2.44. The molecule has 1 fully saturated rings. The number of fused-ring (bicyclic) bond motifs is 3. The number of benzene rings is 2. The average molecular weight is 614 g/mol. The molecule has 3 atom stereocenters. The molecule has 14 heteroatoms. The van der Waals surface area contributed by atoms with E-state index in [0.29, 0.717) is 12.1 Å². The first-order valence-electron chi connectivity index (χ1n) is 12.6. The van der Waals surface area contributed by atoms with Gasteiger partial charge >= 0.3 is 18.0 Å². The molecule has 0 aliphatic heterocycles. The number of sulfone groups is 1. The molecule has 2 aromatic rings. The number of aryl methyl sites for hydroxylation is 1. The SMILES string of the molecule is CC(C)(O)C(=O)NC[C@@H]1CC[C@@]2(S(=O)(=O)c3ccc(F)cc3)c3ccc(C(F)(C(F)(F)F)C(F)(F)F)cc3CC[C@@H]12. The number of amides is 1. The van der Waals surface area contributed by atoms with Gasteiger partial charge in [0, 0.05) is 12.1 Å². The van der Waals surface area contributed by atoms with Gasteiger partial charge in [0.05, 0.1) is 4.90 Å². The van der Waals surface area contributed by atoms with Gasteiger partial charge < -0.3 is 10.4 Å². The van der Waals surface area contributed by atoms with Gasteiger partial charge in [-0.1, -0.05) is 18.2 Å². The Morgan fingerprint density at radius 1 is 0.976 bits per heavy atom. The Bertz CT molecular complexity index is 1420. The quantitative estimate of drug-likeness (QED) is 0.326. The molecule has 0 aromatic heterocycles. The minimum Gasteiger partial charge on any atom is -0.381 e. The number of rotatable bonds is 6. The second-order valence-electron chi connectivity index (χ2n) is 11.1. The molecule has 2 aliphatic rings. The zero-order valence-corrected chi connectivity index (χ0v) is 22.7. The molecular formula is C27H27F8NO4S. The molecule has 2 aromatic carbocycles. The van der Waals surface area contributed by atoms with Crippen LogP contribution in [0.15, 0.2) is 47.4 Å². The van der Waals surface area contributed by atoms with Crippen molar-refractivity contribution in [3.63, 3.8) is 0 Å². The van der Waals surface area contributed by atoms with E-state index in [1.54, 1.807) is 0 Å². The first kappa shape index (κ1) is 31.2. The molecule has 5 nitrogen and oxygen atoms in total. The van der Waals surface area contributed by atoms with Gasteiger partial charge in [0.2, 0.25) is 0 Å². The molecule has 0 bridgehead atoms. The lowest BCUT2D eigenvalue weighted by atomic mass is 9.72. The summed E-state index contributed by atoms with van der Waals surface area (Å²) in [6, 6.07) is 5.40. The maximum absolute atomic E-state index is 14.9. The minimum atomic E-state index is -6.34. The van der Waals surface area contributed by atoms with Crippen LogP contribution in [-0.2, 0) is 31.5 Å². The summed E-state index contributed by atoms with van der Waals surface area (Å²) in [4.78, 5) is 12.0. The molecule has 226 valence electrons. The molecule has 0 radical (unpaired) electrons. The van der Waals surface area contributed by atoms with Crippen LogP contribution in [0.4, 0.5) is 35.1 Å². The van der Waals surface area contributed by atoms with Crippen LogP contribution in [0.1, 0.15) is 49.8 Å². The van der Waals surface area contributed by atoms with Gasteiger partial charge in [0.25, 0.3) is 5.91 Å². The molecule has 2 aliphatic carbocycles. The third-order valence-electron chi connectivity index (χ3n) is 8.20. The fourth-order valence-electron chi connectivity index (χ4n) is 6.18. The van der Waals surface area contributed by atoms with Crippen molar-refractivity contribution in [2.75, 3.05) is 6.54 Å². The minimum absolute atomic E-state index is 0.0166. The van der Waals surface area contributed by atoms with Gasteiger partial charge in [-0.2, -0.15) is 26.3 Å². The molecule has 0 spiro atoms. The van der Waals surface area contributed by atoms with Crippen LogP contribution >= 0.6 is 0 Å². The highest BCUT2D eigenvalue weighted by Gasteiger charge is 2.73. The van der Waals surface area contributed by atoms with E-state index in [2.05, 4.69) is 5.32 Å². The molecule has 4 rings (SSSR count). The van der Waals surface area contributed by atoms with Crippen molar-refractivity contribution in [1.29, 1.82) is 0 Å². The summed E-state index contributed by atoms with van der Waals surface area (Å²) in [6.07, 6.45) is -12.8. The van der Waals surface area contributed by atoms with E-state index in [1.165, 1.54) is 13.8 Å². The van der Waals surface area contributed by atoms with Crippen molar-refractivity contribution >= 4 is 15.7 Å². The summed E-state index contributed by atoms with van der Waals surface area (Å²) < 4.78 is 136. The highest BCUT2D eigenvalue weighted by Crippen LogP contribution is 2.60. The maximum Gasteiger partial charge on any atom is 0.435 e. The van der Waals surface area contributed by atoms with Gasteiger partial charge in [0.15, 0.2) is 9.84 Å². The fourth-order valence-corrected chi connectivity index (χ4v) is 8.68. The summed E-state index contributed by atoms with van der Waals surface area (Å²) in [5.41, 5.74) is -9.38. The second-order valence-corrected chi connectivity index (χ2v) is 13.3. The molecule has 0 saturated heterocycles. The Kier molecular flexibility index (Phi) is 7.55. The number of aliphatic hydroxyl groups is 1. The van der Waals surface area contributed by atoms with Crippen molar-refractivity contribution in [3.8, 4) is 0 Å². The highest BCUT2D eigenvalue weighted by molar-refractivity contribution is 7.92. The summed E-state index contributed by atoms with van der Waals surface area (Å²) in [7, 11) is -4.46. The molecule has 1 amide bonds. The number of nitrogens with one attached hydrogen (secondary N) is 1. The number of carbonyl (C=O) groups excluding carboxylic acids is 1. The van der Waals surface area contributed by atoms with Gasteiger partial charge in [-0.15, -0.1) is 0 Å². The third-order valence-corrected chi connectivity index (χ3v) is 10.8. The lowest BCUT2D eigenvalue weighted by Crippen LogP contribution is -2.51. The van der Waals surface area contributed by atoms with Crippen LogP contribution in [0.2, 0.25) is 0 Å². The van der Waals surface area contributed by atoms with Gasteiger partial charge in [-0.05, 0) is 86.8 Å². The van der Waals surface area contributed by atoms with Crippen LogP contribution in [0, 0.1) is 17.7 Å². The second kappa shape index (κ2) is 9.92. The van der Waals surface area contributed by atoms with E-state index in [1.807, 2.05) is 0 Å². The first-order chi connectivity index (χ1) is 18.7. The molecule has 2 N–H and O–H groups in total. The third kappa shape index (κ3) is 4.90. The number of hydrogen-bond acceptors (Lipinski definition) is 4. The lowest BCUT2D eigenvalue weighted by Gasteiger charge is -2.43. The summed E-state index contributed by atoms with van der Waals surface area (Å²) >= 11 is 0. The summed E-state index contributed by atoms with van der Waals surface area (Å²) in [5.74, 6) is -2.73. The van der Waals surface area contributed by atoms with Crippen molar-refractivity contribution < 1.29 is 53.4 Å². The molecular weight excluding hydrogens is 586 g/mol. The smallest absolute Gasteiger partial charge is 0.381 e. The van der Waals surface area contributed by atoms with E-state index in [9.17, 15) is 53.4 Å². The monoisotopic (exact) mass is 613 g/mol. The lowest BCUT2D eigenvalue weighted by molar-refractivity contribution is -0.348. The van der Waals surface area contributed by atoms with Crippen LogP contribution in [0.25, 0.3) is 0 Å². The van der Waals surface area contributed by atoms with E-state index >= 15 is 0 Å². The Hall–Kier alpha value is -2.74. The normalized spacial score (nSPS) is 23.6. The number of halogens is 8. The zero-order valence-electron chi connectivity index (χ0n) is 21.8. The van der Waals surface area contributed by atoms with Gasteiger partial charge in [-0.25, -0.2) is 17.2 Å². The van der Waals surface area contributed by atoms with Gasteiger partial charge in [0.1, 0.15) is 16.2 Å². The largest absolute Gasteiger partial charge is 0.435 e. The topological polar surface area (TPSA) is 83.5 Å². The Morgan fingerprint density at radius 3 is 2.10 bits per heavy atom. The average Bonchev–Trinajstić information content (AvgIpc) is 3.25. The summed E-state index contributed by atoms with van der Waals surface area (Å²) in [5, 5.41) is 12.5. The molecule has 0 heterocycles. The molecule has 0 unspecified atom stereocenters. The molecule has 1 saturated carbocycles. The number of hydrogen-bond donors (Lipinski definition) is 2. The Labute approximate surface area is 230 Å². The predicted octanol–water partition coefficient (Wildman–Crippen LogP) is 5.64. The van der Waals surface area contributed by atoms with E-state index in [-0.39, 0.29) is 48.3 Å². The van der Waals surface area contributed by atoms with E-state index < -0.39 is 67.3 Å². The maximum atomic E-state index is 14.9. The molecule has 41 heavy (non-hydrogen) atoms. The van der Waals surface area contributed by atoms with Crippen LogP contribution < -0.4 is 5.32 Å². The van der Waals surface area contributed by atoms with Crippen molar-refractivity contribution in [3.05, 3.63) is 65.0 Å². The van der Waals surface area contributed by atoms with Gasteiger partial charge in [-0.3, -0.25) is 4.79 Å². The standard InChI is InChI=1S/C27H27F8NO4S/c1-23(2,38)22(37)36-14-16-11-12-24(41(39,40)19-7-5-18(28)6-8-19)20-10-4-17(13-15(20)3-9-21(16)24)25(29,26(30,31)32)27(33,34)35/h4-8,10,13,16,21,38H,3,9,11-12,14H2,1-2H3,(H,36,37)/t16-,21-,24+/m0/s1. The highest BCUT2D eigenvalue weighted by atomic mass is 32.2. The zero-order chi connectivity index (χ0) is 30.8. The van der Waals surface area contributed by atoms with Crippen molar-refractivity contribution in [2.45, 2.75) is 72.8 Å². The number of carbonyl (C=O) groups is 1. The first-order valence-corrected chi connectivity index (χ1v) is 14.1. The Balaban J connectivity index is 1.87. The Morgan fingerprint density at radius 2 is 1.56 bits per heavy atom.